The Labute approximate surface area is 170 Å². The molecule has 2 N–H and O–H groups in total. The summed E-state index contributed by atoms with van der Waals surface area (Å²) in [5.41, 5.74) is 2.66. The zero-order chi connectivity index (χ0) is 21.3. The quantitative estimate of drug-likeness (QED) is 0.748. The molecule has 162 valence electrons. The Hall–Kier alpha value is -2.00. The first-order chi connectivity index (χ1) is 13.9. The van der Waals surface area contributed by atoms with Crippen molar-refractivity contribution in [3.05, 3.63) is 41.2 Å². The predicted molar refractivity (Wildman–Crippen MR) is 107 cm³/mol. The maximum absolute atomic E-state index is 12.3. The van der Waals surface area contributed by atoms with E-state index in [0.29, 0.717) is 18.9 Å². The van der Waals surface area contributed by atoms with Gasteiger partial charge in [0.1, 0.15) is 5.82 Å². The second-order valence-electron chi connectivity index (χ2n) is 7.36. The number of aromatic nitrogens is 4. The minimum absolute atomic E-state index is 0.275. The number of nitrogens with zero attached hydrogens (tertiary/aromatic N) is 4. The molecule has 1 aliphatic heterocycles. The molecule has 0 bridgehead atoms. The van der Waals surface area contributed by atoms with Gasteiger partial charge in [-0.2, -0.15) is 13.2 Å². The molecule has 9 heteroatoms. The average molecular weight is 413 g/mol. The van der Waals surface area contributed by atoms with Crippen molar-refractivity contribution in [1.29, 1.82) is 0 Å². The molecule has 1 saturated carbocycles. The van der Waals surface area contributed by atoms with E-state index in [-0.39, 0.29) is 6.54 Å². The fourth-order valence-electron chi connectivity index (χ4n) is 3.48. The molecule has 1 aliphatic carbocycles. The van der Waals surface area contributed by atoms with E-state index in [1.54, 1.807) is 0 Å². The van der Waals surface area contributed by atoms with Crippen molar-refractivity contribution in [3.8, 4) is 0 Å². The van der Waals surface area contributed by atoms with E-state index in [9.17, 15) is 13.2 Å². The van der Waals surface area contributed by atoms with Crippen LogP contribution in [0.2, 0.25) is 0 Å². The topological polar surface area (TPSA) is 67.7 Å². The summed E-state index contributed by atoms with van der Waals surface area (Å²) in [7, 11) is 3.75. The van der Waals surface area contributed by atoms with E-state index in [4.69, 9.17) is 0 Å². The number of pyridine rings is 1. The number of aryl methyl sites for hydroxylation is 1. The van der Waals surface area contributed by atoms with E-state index in [1.165, 1.54) is 43.4 Å². The lowest BCUT2D eigenvalue weighted by Crippen LogP contribution is -2.30. The first kappa shape index (κ1) is 23.3. The van der Waals surface area contributed by atoms with Crippen LogP contribution in [0.25, 0.3) is 0 Å². The number of alkyl halides is 3. The number of nitrogens with one attached hydrogen (secondary N) is 2. The van der Waals surface area contributed by atoms with Crippen molar-refractivity contribution in [2.24, 2.45) is 0 Å². The van der Waals surface area contributed by atoms with E-state index in [2.05, 4.69) is 44.9 Å². The molecule has 0 saturated heterocycles. The number of hydrogen-bond donors (Lipinski definition) is 2. The standard InChI is InChI=1S/C12H17N.C6H7F3N4.C2H7N/c1-10-7-8-13-12(9-10)11-5-3-2-4-6-11;7-6(8,9)5-12-11-4-3-10-1-2-13(4)5;1-3-2/h7-9,11H,2-6H2,1H3;10H,1-3H2;3H,1-2H3. The van der Waals surface area contributed by atoms with Crippen LogP contribution in [0.1, 0.15) is 60.9 Å². The van der Waals surface area contributed by atoms with Crippen LogP contribution in [-0.2, 0) is 19.3 Å². The third-order valence-corrected chi connectivity index (χ3v) is 4.84. The zero-order valence-electron chi connectivity index (χ0n) is 17.4. The molecule has 2 aliphatic rings. The molecule has 2 aromatic heterocycles. The van der Waals surface area contributed by atoms with Crippen LogP contribution in [0.15, 0.2) is 18.3 Å². The first-order valence-corrected chi connectivity index (χ1v) is 10.1. The van der Waals surface area contributed by atoms with Gasteiger partial charge in [-0.05, 0) is 51.6 Å². The normalized spacial score (nSPS) is 16.8. The van der Waals surface area contributed by atoms with Gasteiger partial charge in [0.05, 0.1) is 6.54 Å². The maximum atomic E-state index is 12.3. The van der Waals surface area contributed by atoms with Gasteiger partial charge in [-0.1, -0.05) is 19.3 Å². The fourth-order valence-corrected chi connectivity index (χ4v) is 3.48. The van der Waals surface area contributed by atoms with Crippen LogP contribution in [0, 0.1) is 6.92 Å². The van der Waals surface area contributed by atoms with Crippen molar-refractivity contribution in [2.75, 3.05) is 20.6 Å². The summed E-state index contributed by atoms with van der Waals surface area (Å²) in [6.07, 6.45) is 4.43. The molecule has 0 spiro atoms. The van der Waals surface area contributed by atoms with Crippen LogP contribution in [0.5, 0.6) is 0 Å². The van der Waals surface area contributed by atoms with Crippen LogP contribution >= 0.6 is 0 Å². The van der Waals surface area contributed by atoms with Crippen LogP contribution in [-0.4, -0.2) is 40.4 Å². The number of hydrogen-bond acceptors (Lipinski definition) is 5. The minimum atomic E-state index is -4.40. The molecule has 6 nitrogen and oxygen atoms in total. The minimum Gasteiger partial charge on any atom is -0.323 e. The zero-order valence-corrected chi connectivity index (χ0v) is 17.4. The van der Waals surface area contributed by atoms with E-state index < -0.39 is 12.0 Å². The highest BCUT2D eigenvalue weighted by molar-refractivity contribution is 5.18. The van der Waals surface area contributed by atoms with Gasteiger partial charge in [-0.25, -0.2) is 0 Å². The molecule has 2 aromatic rings. The highest BCUT2D eigenvalue weighted by Crippen LogP contribution is 2.31. The third-order valence-electron chi connectivity index (χ3n) is 4.84. The summed E-state index contributed by atoms with van der Waals surface area (Å²) >= 11 is 0. The van der Waals surface area contributed by atoms with Gasteiger partial charge in [-0.15, -0.1) is 10.2 Å². The Morgan fingerprint density at radius 3 is 2.45 bits per heavy atom. The maximum Gasteiger partial charge on any atom is 0.451 e. The second kappa shape index (κ2) is 11.3. The highest BCUT2D eigenvalue weighted by Gasteiger charge is 2.38. The number of halogens is 3. The molecule has 29 heavy (non-hydrogen) atoms. The summed E-state index contributed by atoms with van der Waals surface area (Å²) in [5.74, 6) is 0.191. The largest absolute Gasteiger partial charge is 0.451 e. The van der Waals surface area contributed by atoms with E-state index >= 15 is 0 Å². The molecule has 0 amide bonds. The first-order valence-electron chi connectivity index (χ1n) is 10.1. The molecule has 4 rings (SSSR count). The summed E-state index contributed by atoms with van der Waals surface area (Å²) in [4.78, 5) is 4.46. The molecule has 3 heterocycles. The smallest absolute Gasteiger partial charge is 0.323 e. The SMILES string of the molecule is CNC.Cc1ccnc(C2CCCCC2)c1.FC(F)(F)c1nnc2n1CCNC2. The Bertz CT molecular complexity index is 738. The van der Waals surface area contributed by atoms with Crippen molar-refractivity contribution < 1.29 is 13.2 Å². The van der Waals surface area contributed by atoms with Crippen molar-refractivity contribution >= 4 is 0 Å². The monoisotopic (exact) mass is 412 g/mol. The van der Waals surface area contributed by atoms with Crippen molar-refractivity contribution in [2.45, 2.75) is 64.2 Å². The summed E-state index contributed by atoms with van der Waals surface area (Å²) in [5, 5.41) is 12.2. The Kier molecular flexibility index (Phi) is 9.03. The molecular formula is C20H31F3N6. The van der Waals surface area contributed by atoms with Crippen LogP contribution in [0.3, 0.4) is 0 Å². The number of rotatable bonds is 1. The Balaban J connectivity index is 0.000000183. The second-order valence-corrected chi connectivity index (χ2v) is 7.36. The van der Waals surface area contributed by atoms with Gasteiger partial charge in [-0.3, -0.25) is 4.98 Å². The van der Waals surface area contributed by atoms with Crippen molar-refractivity contribution in [3.63, 3.8) is 0 Å². The molecular weight excluding hydrogens is 381 g/mol. The average Bonchev–Trinajstić information content (AvgIpc) is 3.15. The van der Waals surface area contributed by atoms with Crippen LogP contribution < -0.4 is 10.6 Å². The summed E-state index contributed by atoms with van der Waals surface area (Å²) in [6, 6.07) is 4.32. The van der Waals surface area contributed by atoms with Gasteiger partial charge >= 0.3 is 6.18 Å². The van der Waals surface area contributed by atoms with Gasteiger partial charge in [0.2, 0.25) is 5.82 Å². The lowest BCUT2D eigenvalue weighted by Gasteiger charge is -2.20. The van der Waals surface area contributed by atoms with Crippen molar-refractivity contribution in [1.82, 2.24) is 30.4 Å². The van der Waals surface area contributed by atoms with E-state index in [0.717, 1.165) is 10.5 Å². The van der Waals surface area contributed by atoms with Gasteiger partial charge < -0.3 is 15.2 Å². The molecule has 0 atom stereocenters. The molecule has 0 radical (unpaired) electrons. The van der Waals surface area contributed by atoms with Gasteiger partial charge in [0.25, 0.3) is 0 Å². The number of fused-ring (bicyclic) bond motifs is 1. The highest BCUT2D eigenvalue weighted by atomic mass is 19.4. The lowest BCUT2D eigenvalue weighted by molar-refractivity contribution is -0.147. The van der Waals surface area contributed by atoms with E-state index in [1.807, 2.05) is 20.3 Å². The van der Waals surface area contributed by atoms with Gasteiger partial charge in [0, 0.05) is 30.9 Å². The fraction of sp³-hybridized carbons (Fsp3) is 0.650. The molecule has 1 fully saturated rings. The van der Waals surface area contributed by atoms with Gasteiger partial charge in [0.15, 0.2) is 0 Å². The molecule has 0 aromatic carbocycles. The van der Waals surface area contributed by atoms with Crippen LogP contribution in [0.4, 0.5) is 13.2 Å². The Morgan fingerprint density at radius 1 is 1.14 bits per heavy atom. The molecule has 0 unspecified atom stereocenters. The predicted octanol–water partition coefficient (Wildman–Crippen LogP) is 3.67. The summed E-state index contributed by atoms with van der Waals surface area (Å²) in [6.45, 7) is 3.29. The Morgan fingerprint density at radius 2 is 1.83 bits per heavy atom. The lowest BCUT2D eigenvalue weighted by atomic mass is 9.86. The third kappa shape index (κ3) is 7.08. The summed E-state index contributed by atoms with van der Waals surface area (Å²) < 4.78 is 37.9.